The minimum absolute atomic E-state index is 0. The predicted octanol–water partition coefficient (Wildman–Crippen LogP) is -0.481. The summed E-state index contributed by atoms with van der Waals surface area (Å²) in [5.41, 5.74) is -0.652. The first-order valence-electron chi connectivity index (χ1n) is 3.01. The van der Waals surface area contributed by atoms with Gasteiger partial charge in [0.05, 0.1) is 5.97 Å². The average Bonchev–Trinajstić information content (AvgIpc) is 2.05. The molecule has 1 aromatic carbocycles. The molecule has 0 fully saturated rings. The van der Waals surface area contributed by atoms with Crippen molar-refractivity contribution in [3.8, 4) is 5.75 Å². The topological polar surface area (TPSA) is 92.6 Å². The summed E-state index contributed by atoms with van der Waals surface area (Å²) in [7, 11) is 0. The molecule has 0 spiro atoms. The van der Waals surface area contributed by atoms with Gasteiger partial charge in [0, 0.05) is 0 Å². The number of aromatic carboxylic acids is 1. The number of carbonyl (C=O) groups excluding carboxylic acids is 1. The van der Waals surface area contributed by atoms with Crippen LogP contribution in [-0.2, 0) is 17.1 Å². The Morgan fingerprint density at radius 2 is 2.00 bits per heavy atom. The van der Waals surface area contributed by atoms with Crippen LogP contribution in [0.4, 0.5) is 5.69 Å². The monoisotopic (exact) mass is 228 g/mol. The number of nitrogens with zero attached hydrogens (tertiary/aromatic N) is 1. The first kappa shape index (κ1) is 11.6. The SMILES string of the molecule is O=Nc1ccc([O-])c(C(=O)[O-])c1.[Cu+2]. The maximum absolute atomic E-state index is 10.8. The maximum Gasteiger partial charge on any atom is 2.00 e. The van der Waals surface area contributed by atoms with E-state index in [2.05, 4.69) is 5.18 Å². The normalized spacial score (nSPS) is 8.62. The van der Waals surface area contributed by atoms with Crippen LogP contribution < -0.4 is 10.2 Å². The molecule has 0 atom stereocenters. The quantitative estimate of drug-likeness (QED) is 0.505. The van der Waals surface area contributed by atoms with Crippen molar-refractivity contribution in [3.63, 3.8) is 0 Å². The van der Waals surface area contributed by atoms with Gasteiger partial charge in [-0.25, -0.2) is 0 Å². The van der Waals surface area contributed by atoms with E-state index in [1.54, 1.807) is 0 Å². The Balaban J connectivity index is 0.00000144. The van der Waals surface area contributed by atoms with Gasteiger partial charge in [-0.3, -0.25) is 0 Å². The molecule has 0 aliphatic heterocycles. The van der Waals surface area contributed by atoms with E-state index in [-0.39, 0.29) is 22.8 Å². The summed E-state index contributed by atoms with van der Waals surface area (Å²) in [5, 5.41) is 23.5. The summed E-state index contributed by atoms with van der Waals surface area (Å²) in [6, 6.07) is 2.98. The number of carboxylic acid groups (broad SMARTS) is 1. The van der Waals surface area contributed by atoms with Gasteiger partial charge >= 0.3 is 17.1 Å². The van der Waals surface area contributed by atoms with E-state index in [9.17, 15) is 19.9 Å². The smallest absolute Gasteiger partial charge is 0.872 e. The molecule has 1 aromatic rings. The van der Waals surface area contributed by atoms with Gasteiger partial charge in [-0.1, -0.05) is 11.8 Å². The van der Waals surface area contributed by atoms with Crippen LogP contribution in [0.2, 0.25) is 0 Å². The molecule has 0 unspecified atom stereocenters. The van der Waals surface area contributed by atoms with Gasteiger partial charge in [-0.15, -0.1) is 4.91 Å². The van der Waals surface area contributed by atoms with E-state index < -0.39 is 17.3 Å². The Morgan fingerprint density at radius 1 is 1.38 bits per heavy atom. The van der Waals surface area contributed by atoms with Crippen molar-refractivity contribution < 1.29 is 32.1 Å². The molecule has 0 aromatic heterocycles. The molecule has 5 nitrogen and oxygen atoms in total. The molecular formula is C7H3CuNO4. The van der Waals surface area contributed by atoms with Crippen molar-refractivity contribution in [3.05, 3.63) is 28.7 Å². The molecule has 1 rings (SSSR count). The van der Waals surface area contributed by atoms with Crippen LogP contribution in [0, 0.1) is 4.91 Å². The predicted molar refractivity (Wildman–Crippen MR) is 35.7 cm³/mol. The van der Waals surface area contributed by atoms with Crippen molar-refractivity contribution in [2.45, 2.75) is 0 Å². The molecular weight excluding hydrogens is 226 g/mol. The summed E-state index contributed by atoms with van der Waals surface area (Å²) in [6.45, 7) is 0. The number of carbonyl (C=O) groups is 1. The van der Waals surface area contributed by atoms with Crippen LogP contribution in [0.5, 0.6) is 5.75 Å². The van der Waals surface area contributed by atoms with Crippen molar-refractivity contribution in [2.75, 3.05) is 0 Å². The second kappa shape index (κ2) is 4.59. The van der Waals surface area contributed by atoms with Crippen LogP contribution in [0.1, 0.15) is 10.4 Å². The average molecular weight is 229 g/mol. The third-order valence-electron chi connectivity index (χ3n) is 1.29. The summed E-state index contributed by atoms with van der Waals surface area (Å²) in [4.78, 5) is 20.2. The zero-order chi connectivity index (χ0) is 9.14. The maximum atomic E-state index is 10.8. The number of rotatable bonds is 2. The number of benzene rings is 1. The van der Waals surface area contributed by atoms with Gasteiger partial charge in [-0.2, -0.15) is 0 Å². The molecule has 0 heterocycles. The Morgan fingerprint density at radius 3 is 2.46 bits per heavy atom. The van der Waals surface area contributed by atoms with Gasteiger partial charge in [-0.05, 0) is 22.9 Å². The first-order chi connectivity index (χ1) is 5.65. The number of hydrogen-bond acceptors (Lipinski definition) is 5. The summed E-state index contributed by atoms with van der Waals surface area (Å²) >= 11 is 0. The van der Waals surface area contributed by atoms with Crippen LogP contribution >= 0.6 is 0 Å². The minimum atomic E-state index is -1.61. The summed E-state index contributed by atoms with van der Waals surface area (Å²) in [5.74, 6) is -2.30. The Bertz CT molecular complexity index is 339. The van der Waals surface area contributed by atoms with E-state index in [0.29, 0.717) is 0 Å². The zero-order valence-corrected chi connectivity index (χ0v) is 7.06. The number of carboxylic acids is 1. The largest absolute Gasteiger partial charge is 2.00 e. The van der Waals surface area contributed by atoms with Crippen molar-refractivity contribution in [1.29, 1.82) is 0 Å². The molecule has 1 radical (unpaired) electrons. The van der Waals surface area contributed by atoms with E-state index in [0.717, 1.165) is 18.2 Å². The zero-order valence-electron chi connectivity index (χ0n) is 6.11. The summed E-state index contributed by atoms with van der Waals surface area (Å²) < 4.78 is 0. The van der Waals surface area contributed by atoms with E-state index in [1.165, 1.54) is 0 Å². The van der Waals surface area contributed by atoms with Gasteiger partial charge < -0.3 is 15.0 Å². The van der Waals surface area contributed by atoms with E-state index >= 15 is 0 Å². The fraction of sp³-hybridized carbons (Fsp3) is 0. The van der Waals surface area contributed by atoms with E-state index in [4.69, 9.17) is 0 Å². The molecule has 0 aliphatic rings. The molecule has 0 bridgehead atoms. The van der Waals surface area contributed by atoms with Crippen molar-refractivity contribution in [2.24, 2.45) is 5.18 Å². The minimum Gasteiger partial charge on any atom is -0.872 e. The fourth-order valence-electron chi connectivity index (χ4n) is 0.734. The standard InChI is InChI=1S/C7H5NO4.Cu/c9-6-2-1-4(8-12)3-5(6)7(10)11;/h1-3,9H,(H,10,11);/q;+2/p-2. The Labute approximate surface area is 83.8 Å². The Kier molecular flexibility index (Phi) is 4.10. The second-order valence-electron chi connectivity index (χ2n) is 2.06. The molecule has 13 heavy (non-hydrogen) atoms. The van der Waals surface area contributed by atoms with Gasteiger partial charge in [0.2, 0.25) is 0 Å². The molecule has 0 saturated heterocycles. The number of nitroso groups, excluding NO2 is 1. The van der Waals surface area contributed by atoms with Crippen LogP contribution in [0.3, 0.4) is 0 Å². The molecule has 0 N–H and O–H groups in total. The van der Waals surface area contributed by atoms with Crippen LogP contribution in [-0.4, -0.2) is 5.97 Å². The third-order valence-corrected chi connectivity index (χ3v) is 1.29. The molecule has 71 valence electrons. The summed E-state index contributed by atoms with van der Waals surface area (Å²) in [6.07, 6.45) is 0. The first-order valence-corrected chi connectivity index (χ1v) is 3.01. The molecule has 6 heteroatoms. The second-order valence-corrected chi connectivity index (χ2v) is 2.06. The van der Waals surface area contributed by atoms with Crippen LogP contribution in [0.25, 0.3) is 0 Å². The van der Waals surface area contributed by atoms with Gasteiger partial charge in [0.15, 0.2) is 0 Å². The van der Waals surface area contributed by atoms with Gasteiger partial charge in [0.25, 0.3) is 0 Å². The molecule has 0 saturated carbocycles. The molecule has 0 amide bonds. The van der Waals surface area contributed by atoms with Crippen molar-refractivity contribution >= 4 is 11.7 Å². The van der Waals surface area contributed by atoms with E-state index in [1.807, 2.05) is 0 Å². The van der Waals surface area contributed by atoms with Crippen LogP contribution in [0.15, 0.2) is 23.4 Å². The third kappa shape index (κ3) is 2.54. The fourth-order valence-corrected chi connectivity index (χ4v) is 0.734. The Hall–Kier alpha value is -1.39. The number of hydrogen-bond donors (Lipinski definition) is 0. The molecule has 0 aliphatic carbocycles. The van der Waals surface area contributed by atoms with Crippen molar-refractivity contribution in [1.82, 2.24) is 0 Å². The van der Waals surface area contributed by atoms with Gasteiger partial charge in [0.1, 0.15) is 5.69 Å².